The fourth-order valence-corrected chi connectivity index (χ4v) is 7.94. The average molecular weight is 1050 g/mol. The Morgan fingerprint density at radius 3 is 1.19 bits per heavy atom. The van der Waals surface area contributed by atoms with Gasteiger partial charge < -0.3 is 27.9 Å². The van der Waals surface area contributed by atoms with Gasteiger partial charge in [0, 0.05) is 12.8 Å². The Balaban J connectivity index is 4.35. The van der Waals surface area contributed by atoms with E-state index in [1.165, 1.54) is 70.6 Å². The molecule has 0 aromatic carbocycles. The SMILES string of the molecule is CC/C=C\C/C=C\C/C=C\C/C=C\C/C=C\C/C=C\C/C=C\C/C=C\C/C=C\CCCC(=O)OC(COC(=O)CCCCCCCCCCC/C=C\C/C=C\CCCCCCC)COP(=O)([O-])OCC[N+](C)(C)C. The molecule has 0 N–H and O–H groups in total. The fraction of sp³-hybridized carbons (Fsp3) is 0.625. The number of esters is 2. The highest BCUT2D eigenvalue weighted by Crippen LogP contribution is 2.38. The van der Waals surface area contributed by atoms with Crippen molar-refractivity contribution in [2.24, 2.45) is 0 Å². The minimum atomic E-state index is -4.66. The van der Waals surface area contributed by atoms with Crippen LogP contribution in [0.3, 0.4) is 0 Å². The van der Waals surface area contributed by atoms with E-state index in [-0.39, 0.29) is 26.1 Å². The Morgan fingerprint density at radius 1 is 0.432 bits per heavy atom. The van der Waals surface area contributed by atoms with E-state index in [1.807, 2.05) is 27.2 Å². The average Bonchev–Trinajstić information content (AvgIpc) is 3.36. The molecule has 0 aliphatic carbocycles. The number of ether oxygens (including phenoxy) is 2. The second-order valence-corrected chi connectivity index (χ2v) is 21.3. The van der Waals surface area contributed by atoms with Gasteiger partial charge in [-0.3, -0.25) is 14.2 Å². The molecular weight excluding hydrogens is 942 g/mol. The third-order valence-electron chi connectivity index (χ3n) is 11.7. The lowest BCUT2D eigenvalue weighted by Gasteiger charge is -2.28. The molecule has 0 spiro atoms. The van der Waals surface area contributed by atoms with Crippen molar-refractivity contribution in [1.29, 1.82) is 0 Å². The first-order valence-corrected chi connectivity index (χ1v) is 30.4. The van der Waals surface area contributed by atoms with Gasteiger partial charge in [0.05, 0.1) is 27.7 Å². The molecule has 420 valence electrons. The molecular formula is C64H106NO8P. The number of carbonyl (C=O) groups excluding carboxylic acids is 2. The van der Waals surface area contributed by atoms with Gasteiger partial charge in [-0.2, -0.15) is 0 Å². The van der Waals surface area contributed by atoms with Crippen LogP contribution in [-0.4, -0.2) is 70.0 Å². The molecule has 0 aliphatic rings. The normalized spacial score (nSPS) is 14.3. The van der Waals surface area contributed by atoms with Gasteiger partial charge in [0.15, 0.2) is 6.10 Å². The zero-order chi connectivity index (χ0) is 54.2. The highest BCUT2D eigenvalue weighted by Gasteiger charge is 2.21. The van der Waals surface area contributed by atoms with Crippen LogP contribution in [-0.2, 0) is 32.7 Å². The van der Waals surface area contributed by atoms with Gasteiger partial charge in [-0.15, -0.1) is 0 Å². The molecule has 0 aromatic rings. The number of nitrogens with zero attached hydrogens (tertiary/aromatic N) is 1. The number of unbranched alkanes of at least 4 members (excludes halogenated alkanes) is 15. The Bertz CT molecular complexity index is 1710. The number of quaternary nitrogens is 1. The van der Waals surface area contributed by atoms with E-state index in [0.29, 0.717) is 30.3 Å². The van der Waals surface area contributed by atoms with E-state index in [4.69, 9.17) is 18.5 Å². The van der Waals surface area contributed by atoms with Crippen LogP contribution in [0.25, 0.3) is 0 Å². The lowest BCUT2D eigenvalue weighted by molar-refractivity contribution is -0.870. The topological polar surface area (TPSA) is 111 Å². The Morgan fingerprint density at radius 2 is 0.784 bits per heavy atom. The molecule has 9 nitrogen and oxygen atoms in total. The first kappa shape index (κ1) is 70.1. The monoisotopic (exact) mass is 1050 g/mol. The molecule has 0 saturated heterocycles. The molecule has 0 heterocycles. The summed E-state index contributed by atoms with van der Waals surface area (Å²) in [5.74, 6) is -0.918. The van der Waals surface area contributed by atoms with Crippen LogP contribution in [0.15, 0.2) is 134 Å². The molecule has 0 amide bonds. The molecule has 0 rings (SSSR count). The van der Waals surface area contributed by atoms with Gasteiger partial charge in [0.25, 0.3) is 7.82 Å². The molecule has 0 saturated carbocycles. The third kappa shape index (κ3) is 57.4. The fourth-order valence-electron chi connectivity index (χ4n) is 7.22. The van der Waals surface area contributed by atoms with Crippen LogP contribution in [0.1, 0.15) is 206 Å². The van der Waals surface area contributed by atoms with Gasteiger partial charge in [-0.05, 0) is 109 Å². The number of allylic oxidation sites excluding steroid dienone is 22. The summed E-state index contributed by atoms with van der Waals surface area (Å²) in [6, 6.07) is 0. The maximum Gasteiger partial charge on any atom is 0.306 e. The Kier molecular flexibility index (Phi) is 51.2. The van der Waals surface area contributed by atoms with E-state index in [0.717, 1.165) is 89.9 Å². The lowest BCUT2D eigenvalue weighted by Crippen LogP contribution is -2.37. The maximum atomic E-state index is 12.8. The molecule has 0 fully saturated rings. The number of likely N-dealkylation sites (N-methyl/N-ethyl adjacent to an activating group) is 1. The summed E-state index contributed by atoms with van der Waals surface area (Å²) >= 11 is 0. The van der Waals surface area contributed by atoms with Crippen molar-refractivity contribution in [1.82, 2.24) is 0 Å². The number of phosphoric ester groups is 1. The summed E-state index contributed by atoms with van der Waals surface area (Å²) in [5, 5.41) is 0. The van der Waals surface area contributed by atoms with Crippen molar-refractivity contribution >= 4 is 19.8 Å². The third-order valence-corrected chi connectivity index (χ3v) is 12.6. The van der Waals surface area contributed by atoms with Crippen LogP contribution in [0, 0.1) is 0 Å². The number of hydrogen-bond donors (Lipinski definition) is 0. The van der Waals surface area contributed by atoms with E-state index in [2.05, 4.69) is 141 Å². The molecule has 0 aromatic heterocycles. The molecule has 74 heavy (non-hydrogen) atoms. The lowest BCUT2D eigenvalue weighted by atomic mass is 10.1. The molecule has 2 unspecified atom stereocenters. The zero-order valence-corrected chi connectivity index (χ0v) is 48.4. The standard InChI is InChI=1S/C64H106NO8P/c1-6-8-10-12-14-16-18-20-22-24-26-28-29-30-31-32-33-34-35-37-39-41-43-45-47-49-51-53-55-57-64(67)73-62(61-72-74(68,69)71-59-58-65(3,4)5)60-70-63(66)56-54-52-50-48-46-44-42-40-38-36-27-25-23-21-19-17-15-13-11-9-7-2/h8,10,14,16,19-22,25-28,30-31,33-34,37,39,43,45,49,51,62H,6-7,9,11-13,15,17-18,23-24,29,32,35-36,38,40-42,44,46-48,50,52-61H2,1-5H3/b10-8-,16-14-,21-19-,22-20-,27-25-,28-26-,31-30-,34-33-,39-37-,45-43-,51-49-. The maximum absolute atomic E-state index is 12.8. The Labute approximate surface area is 453 Å². The van der Waals surface area contributed by atoms with Crippen LogP contribution >= 0.6 is 7.82 Å². The summed E-state index contributed by atoms with van der Waals surface area (Å²) in [5.41, 5.74) is 0. The number of carbonyl (C=O) groups is 2. The van der Waals surface area contributed by atoms with Crippen molar-refractivity contribution in [2.45, 2.75) is 213 Å². The summed E-state index contributed by atoms with van der Waals surface area (Å²) < 4.78 is 34.1. The highest BCUT2D eigenvalue weighted by atomic mass is 31.2. The minimum Gasteiger partial charge on any atom is -0.756 e. The zero-order valence-electron chi connectivity index (χ0n) is 47.5. The summed E-state index contributed by atoms with van der Waals surface area (Å²) in [4.78, 5) is 37.8. The first-order valence-electron chi connectivity index (χ1n) is 28.9. The van der Waals surface area contributed by atoms with Crippen LogP contribution in [0.2, 0.25) is 0 Å². The van der Waals surface area contributed by atoms with E-state index < -0.39 is 32.5 Å². The van der Waals surface area contributed by atoms with Crippen molar-refractivity contribution in [2.75, 3.05) is 47.5 Å². The van der Waals surface area contributed by atoms with E-state index in [1.54, 1.807) is 0 Å². The van der Waals surface area contributed by atoms with Crippen molar-refractivity contribution in [3.05, 3.63) is 134 Å². The molecule has 0 radical (unpaired) electrons. The van der Waals surface area contributed by atoms with Crippen molar-refractivity contribution in [3.8, 4) is 0 Å². The molecule has 2 atom stereocenters. The summed E-state index contributed by atoms with van der Waals surface area (Å²) in [6.45, 7) is 4.03. The van der Waals surface area contributed by atoms with Gasteiger partial charge >= 0.3 is 11.9 Å². The molecule has 0 aliphatic heterocycles. The quantitative estimate of drug-likeness (QED) is 0.0195. The molecule has 10 heteroatoms. The van der Waals surface area contributed by atoms with E-state index >= 15 is 0 Å². The second-order valence-electron chi connectivity index (χ2n) is 19.9. The molecule has 0 bridgehead atoms. The largest absolute Gasteiger partial charge is 0.756 e. The Hall–Kier alpha value is -3.85. The van der Waals surface area contributed by atoms with Gasteiger partial charge in [-0.1, -0.05) is 218 Å². The van der Waals surface area contributed by atoms with Crippen molar-refractivity contribution in [3.63, 3.8) is 0 Å². The first-order chi connectivity index (χ1) is 36.0. The number of rotatable bonds is 51. The summed E-state index contributed by atoms with van der Waals surface area (Å²) in [6.07, 6.45) is 77.9. The van der Waals surface area contributed by atoms with Gasteiger partial charge in [0.1, 0.15) is 19.8 Å². The summed E-state index contributed by atoms with van der Waals surface area (Å²) in [7, 11) is 1.11. The van der Waals surface area contributed by atoms with E-state index in [9.17, 15) is 19.0 Å². The predicted octanol–water partition coefficient (Wildman–Crippen LogP) is 17.5. The van der Waals surface area contributed by atoms with Crippen LogP contribution < -0.4 is 4.89 Å². The van der Waals surface area contributed by atoms with Gasteiger partial charge in [0.2, 0.25) is 0 Å². The number of hydrogen-bond acceptors (Lipinski definition) is 8. The second kappa shape index (κ2) is 54.0. The number of phosphoric acid groups is 1. The van der Waals surface area contributed by atoms with Crippen LogP contribution in [0.4, 0.5) is 0 Å². The van der Waals surface area contributed by atoms with Crippen molar-refractivity contribution < 1.29 is 42.1 Å². The highest BCUT2D eigenvalue weighted by molar-refractivity contribution is 7.45. The van der Waals surface area contributed by atoms with Gasteiger partial charge in [-0.25, -0.2) is 0 Å². The minimum absolute atomic E-state index is 0.0502. The van der Waals surface area contributed by atoms with Crippen LogP contribution in [0.5, 0.6) is 0 Å². The predicted molar refractivity (Wildman–Crippen MR) is 314 cm³/mol. The smallest absolute Gasteiger partial charge is 0.306 e.